The van der Waals surface area contributed by atoms with E-state index in [0.717, 1.165) is 24.3 Å². The van der Waals surface area contributed by atoms with Crippen LogP contribution in [0.2, 0.25) is 0 Å². The van der Waals surface area contributed by atoms with E-state index in [1.807, 2.05) is 27.7 Å². The molecule has 3 aromatic heterocycles. The summed E-state index contributed by atoms with van der Waals surface area (Å²) in [6.45, 7) is 7.63. The van der Waals surface area contributed by atoms with E-state index in [0.29, 0.717) is 0 Å². The quantitative estimate of drug-likeness (QED) is 0.223. The van der Waals surface area contributed by atoms with Gasteiger partial charge in [0.1, 0.15) is 24.4 Å². The molecule has 4 fully saturated rings. The monoisotopic (exact) mass is 748 g/mol. The van der Waals surface area contributed by atoms with E-state index in [1.165, 1.54) is 12.1 Å². The van der Waals surface area contributed by atoms with Gasteiger partial charge in [-0.15, -0.1) is 0 Å². The first-order valence-electron chi connectivity index (χ1n) is 16.6. The molecule has 4 unspecified atom stereocenters. The van der Waals surface area contributed by atoms with Gasteiger partial charge < -0.3 is 61.4 Å². The molecule has 19 nitrogen and oxygen atoms in total. The summed E-state index contributed by atoms with van der Waals surface area (Å²) in [5.74, 6) is -8.57. The fourth-order valence-corrected chi connectivity index (χ4v) is 5.73. The molecule has 4 aliphatic heterocycles. The third kappa shape index (κ3) is 8.27. The van der Waals surface area contributed by atoms with Gasteiger partial charge in [-0.25, -0.2) is 28.8 Å². The first-order valence-corrected chi connectivity index (χ1v) is 16.6. The molecule has 0 spiro atoms. The number of hydrogen-bond acceptors (Lipinski definition) is 17. The van der Waals surface area contributed by atoms with Crippen LogP contribution in [-0.2, 0) is 37.9 Å². The second-order valence-electron chi connectivity index (χ2n) is 11.1. The van der Waals surface area contributed by atoms with Crippen molar-refractivity contribution in [1.82, 2.24) is 0 Å². The molecule has 53 heavy (non-hydrogen) atoms. The number of carbonyl (C=O) groups excluding carboxylic acids is 4. The number of esters is 4. The summed E-state index contributed by atoms with van der Waals surface area (Å²) >= 11 is 0. The van der Waals surface area contributed by atoms with Gasteiger partial charge in [0.2, 0.25) is 34.6 Å². The number of ether oxygens (including phenoxy) is 8. The fourth-order valence-electron chi connectivity index (χ4n) is 5.73. The minimum Gasteiger partial charge on any atom is -0.475 e. The number of furan rings is 3. The van der Waals surface area contributed by atoms with Gasteiger partial charge in [0.05, 0.1) is 26.4 Å². The van der Waals surface area contributed by atoms with Gasteiger partial charge in [0.25, 0.3) is 0 Å². The highest BCUT2D eigenvalue weighted by atomic mass is 16.7. The lowest BCUT2D eigenvalue weighted by Crippen LogP contribution is -2.36. The lowest BCUT2D eigenvalue weighted by atomic mass is 10.1. The molecule has 0 aliphatic carbocycles. The van der Waals surface area contributed by atoms with Crippen LogP contribution in [0.15, 0.2) is 49.6 Å². The Labute approximate surface area is 299 Å². The molecule has 0 aromatic carbocycles. The predicted molar refractivity (Wildman–Crippen MR) is 169 cm³/mol. The van der Waals surface area contributed by atoms with E-state index in [2.05, 4.69) is 0 Å². The Kier molecular flexibility index (Phi) is 12.3. The van der Waals surface area contributed by atoms with Crippen LogP contribution in [0, 0.1) is 0 Å². The Bertz CT molecular complexity index is 1670. The molecular weight excluding hydrogens is 712 g/mol. The third-order valence-electron chi connectivity index (χ3n) is 8.00. The lowest BCUT2D eigenvalue weighted by molar-refractivity contribution is -0.0316. The number of carboxylic acids is 2. The van der Waals surface area contributed by atoms with Crippen molar-refractivity contribution in [2.45, 2.75) is 76.5 Å². The third-order valence-corrected chi connectivity index (χ3v) is 8.00. The second kappa shape index (κ2) is 16.9. The molecule has 0 bridgehead atoms. The maximum Gasteiger partial charge on any atom is 0.374 e. The van der Waals surface area contributed by atoms with Crippen molar-refractivity contribution < 1.29 is 90.1 Å². The van der Waals surface area contributed by atoms with Crippen LogP contribution in [0.5, 0.6) is 0 Å². The molecule has 3 aromatic rings. The Morgan fingerprint density at radius 1 is 0.434 bits per heavy atom. The van der Waals surface area contributed by atoms with Crippen LogP contribution >= 0.6 is 0 Å². The largest absolute Gasteiger partial charge is 0.475 e. The number of rotatable bonds is 10. The number of carboxylic acid groups (broad SMARTS) is 2. The van der Waals surface area contributed by atoms with Gasteiger partial charge in [-0.2, -0.15) is 0 Å². The Morgan fingerprint density at radius 3 is 0.849 bits per heavy atom. The fraction of sp³-hybridized carbons (Fsp3) is 0.471. The first-order chi connectivity index (χ1) is 25.5. The van der Waals surface area contributed by atoms with Crippen molar-refractivity contribution >= 4 is 35.8 Å². The van der Waals surface area contributed by atoms with Crippen molar-refractivity contribution in [3.05, 3.63) is 71.0 Å². The van der Waals surface area contributed by atoms with Crippen molar-refractivity contribution in [2.24, 2.45) is 0 Å². The van der Waals surface area contributed by atoms with Crippen LogP contribution in [-0.4, -0.2) is 121 Å². The van der Waals surface area contributed by atoms with Gasteiger partial charge in [0, 0.05) is 0 Å². The molecule has 7 heterocycles. The maximum absolute atomic E-state index is 12.8. The minimum atomic E-state index is -1.35. The Balaban J connectivity index is 0.00000131. The molecule has 4 aliphatic rings. The summed E-state index contributed by atoms with van der Waals surface area (Å²) in [5, 5.41) is 17.9. The molecule has 0 amide bonds. The first kappa shape index (κ1) is 38.7. The van der Waals surface area contributed by atoms with Crippen molar-refractivity contribution in [3.8, 4) is 0 Å². The van der Waals surface area contributed by atoms with Gasteiger partial charge in [-0.05, 0) is 36.4 Å². The highest BCUT2D eigenvalue weighted by Gasteiger charge is 2.53. The van der Waals surface area contributed by atoms with Gasteiger partial charge in [-0.3, -0.25) is 0 Å². The number of aromatic carboxylic acids is 2. The molecular formula is C34H36O19. The van der Waals surface area contributed by atoms with E-state index in [4.69, 9.17) is 61.4 Å². The Morgan fingerprint density at radius 2 is 0.642 bits per heavy atom. The lowest BCUT2D eigenvalue weighted by Gasteiger charge is -2.17. The molecule has 0 radical (unpaired) electrons. The number of fused-ring (bicyclic) bond motifs is 2. The molecule has 7 rings (SSSR count). The van der Waals surface area contributed by atoms with E-state index < -0.39 is 96.2 Å². The zero-order chi connectivity index (χ0) is 38.4. The molecule has 4 saturated heterocycles. The van der Waals surface area contributed by atoms with E-state index >= 15 is 0 Å². The zero-order valence-electron chi connectivity index (χ0n) is 28.7. The van der Waals surface area contributed by atoms with Crippen LogP contribution in [0.25, 0.3) is 0 Å². The molecule has 2 N–H and O–H groups in total. The number of hydrogen-bond donors (Lipinski definition) is 2. The van der Waals surface area contributed by atoms with E-state index in [9.17, 15) is 28.8 Å². The highest BCUT2D eigenvalue weighted by Crippen LogP contribution is 2.33. The van der Waals surface area contributed by atoms with Crippen molar-refractivity contribution in [1.29, 1.82) is 0 Å². The SMILES string of the molecule is CC.CC.O=C(O)c1ccc(C(=O)O[C@H]2COC3C2OC[C@@H]3OC(=O)c2ccc(C(=O)O[C@H]3COC4C3OC[C@@H]4OC(=O)c3ccc(C(=O)O)o3)o2)o1. The van der Waals surface area contributed by atoms with Crippen LogP contribution in [0.1, 0.15) is 91.0 Å². The minimum absolute atomic E-state index is 0.0877. The molecule has 286 valence electrons. The van der Waals surface area contributed by atoms with Gasteiger partial charge in [0.15, 0.2) is 24.4 Å². The van der Waals surface area contributed by atoms with Crippen molar-refractivity contribution in [2.75, 3.05) is 26.4 Å². The summed E-state index contributed by atoms with van der Waals surface area (Å²) < 4.78 is 59.5. The standard InChI is InChI=1S/C30H24O19.2C2H6/c31-25(32)11-1-3-13(43-11)27(35)46-17-7-39-23-19(9-41-21(17)23)48-29(37)15-5-6-16(45-15)30(38)49-20-10-42-22-18(8-40-24(20)22)47-28(36)14-4-2-12(44-14)26(33)34;2*1-2/h1-6,17-24H,7-10H2,(H,31,32)(H,33,34);2*1-2H3/t17-,18-,19-,20-,21?,22?,23?,24?;;/m0../s1. The molecule has 0 saturated carbocycles. The summed E-state index contributed by atoms with van der Waals surface area (Å²) in [7, 11) is 0. The zero-order valence-corrected chi connectivity index (χ0v) is 28.7. The number of carbonyl (C=O) groups is 6. The summed E-state index contributed by atoms with van der Waals surface area (Å²) in [4.78, 5) is 72.5. The molecule has 8 atom stereocenters. The summed E-state index contributed by atoms with van der Waals surface area (Å²) in [6, 6.07) is 6.96. The van der Waals surface area contributed by atoms with Crippen molar-refractivity contribution in [3.63, 3.8) is 0 Å². The van der Waals surface area contributed by atoms with Crippen LogP contribution < -0.4 is 0 Å². The summed E-state index contributed by atoms with van der Waals surface area (Å²) in [5.41, 5.74) is 0. The smallest absolute Gasteiger partial charge is 0.374 e. The van der Waals surface area contributed by atoms with E-state index in [1.54, 1.807) is 0 Å². The van der Waals surface area contributed by atoms with Crippen LogP contribution in [0.4, 0.5) is 0 Å². The van der Waals surface area contributed by atoms with E-state index in [-0.39, 0.29) is 49.5 Å². The average molecular weight is 749 g/mol. The average Bonchev–Trinajstić information content (AvgIpc) is 3.99. The highest BCUT2D eigenvalue weighted by molar-refractivity contribution is 5.92. The topological polar surface area (TPSA) is 256 Å². The summed E-state index contributed by atoms with van der Waals surface area (Å²) in [6.07, 6.45) is -6.76. The normalized spacial score (nSPS) is 26.5. The Hall–Kier alpha value is -5.50. The van der Waals surface area contributed by atoms with Gasteiger partial charge >= 0.3 is 35.8 Å². The molecule has 19 heteroatoms. The maximum atomic E-state index is 12.8. The van der Waals surface area contributed by atoms with Crippen LogP contribution in [0.3, 0.4) is 0 Å². The predicted octanol–water partition coefficient (Wildman–Crippen LogP) is 3.01. The second-order valence-corrected chi connectivity index (χ2v) is 11.1. The van der Waals surface area contributed by atoms with Gasteiger partial charge in [-0.1, -0.05) is 27.7 Å².